The Morgan fingerprint density at radius 2 is 1.84 bits per heavy atom. The van der Waals surface area contributed by atoms with Gasteiger partial charge in [-0.15, -0.1) is 0 Å². The van der Waals surface area contributed by atoms with E-state index in [1.807, 2.05) is 42.3 Å². The normalized spacial score (nSPS) is 16.9. The fourth-order valence-corrected chi connectivity index (χ4v) is 5.40. The van der Waals surface area contributed by atoms with Crippen LogP contribution in [0.5, 0.6) is 0 Å². The van der Waals surface area contributed by atoms with Crippen LogP contribution >= 0.6 is 12.2 Å². The van der Waals surface area contributed by atoms with E-state index in [2.05, 4.69) is 51.1 Å². The molecule has 1 aliphatic heterocycles. The van der Waals surface area contributed by atoms with E-state index >= 15 is 0 Å². The summed E-state index contributed by atoms with van der Waals surface area (Å²) in [6.07, 6.45) is 3.72. The molecule has 4 aromatic rings. The van der Waals surface area contributed by atoms with Crippen molar-refractivity contribution in [1.82, 2.24) is 24.8 Å². The molecule has 1 amide bonds. The number of carbonyl (C=O) groups excluding carboxylic acids is 1. The summed E-state index contributed by atoms with van der Waals surface area (Å²) in [6.45, 7) is 6.53. The molecule has 3 aromatic heterocycles. The third kappa shape index (κ3) is 5.02. The lowest BCUT2D eigenvalue weighted by Crippen LogP contribution is -2.33. The van der Waals surface area contributed by atoms with Crippen LogP contribution in [0.2, 0.25) is 0 Å². The highest BCUT2D eigenvalue weighted by molar-refractivity contribution is 7.80. The zero-order valence-electron chi connectivity index (χ0n) is 21.5. The number of hydrogen-bond acceptors (Lipinski definition) is 4. The first kappa shape index (κ1) is 25.5. The van der Waals surface area contributed by atoms with Gasteiger partial charge < -0.3 is 20.1 Å². The first-order valence-corrected chi connectivity index (χ1v) is 12.9. The van der Waals surface area contributed by atoms with Crippen molar-refractivity contribution in [2.75, 3.05) is 11.9 Å². The lowest BCUT2D eigenvalue weighted by Gasteiger charge is -2.28. The van der Waals surface area contributed by atoms with Gasteiger partial charge in [-0.05, 0) is 86.6 Å². The zero-order chi connectivity index (χ0) is 26.8. The van der Waals surface area contributed by atoms with Gasteiger partial charge in [-0.25, -0.2) is 9.37 Å². The molecule has 5 rings (SSSR count). The molecule has 7 nitrogen and oxygen atoms in total. The minimum atomic E-state index is -0.468. The van der Waals surface area contributed by atoms with Crippen LogP contribution in [-0.4, -0.2) is 37.0 Å². The van der Waals surface area contributed by atoms with Gasteiger partial charge in [-0.1, -0.05) is 18.2 Å². The molecule has 1 saturated heterocycles. The summed E-state index contributed by atoms with van der Waals surface area (Å²) >= 11 is 5.77. The Bertz CT molecular complexity index is 1490. The van der Waals surface area contributed by atoms with Crippen LogP contribution in [0.4, 0.5) is 10.1 Å². The SMILES string of the molecule is Cc1ccnc(-n2c(C)cc(C3C(c4ccccn4)NC(=S)N3CCC(=O)Nc3ccccc3F)c2C)c1. The third-order valence-corrected chi connectivity index (χ3v) is 7.20. The summed E-state index contributed by atoms with van der Waals surface area (Å²) in [6, 6.07) is 17.7. The highest BCUT2D eigenvalue weighted by Gasteiger charge is 2.41. The summed E-state index contributed by atoms with van der Waals surface area (Å²) in [5.41, 5.74) is 5.31. The number of pyridine rings is 2. The Labute approximate surface area is 226 Å². The number of nitrogens with one attached hydrogen (secondary N) is 2. The van der Waals surface area contributed by atoms with Crippen molar-refractivity contribution in [2.45, 2.75) is 39.3 Å². The maximum Gasteiger partial charge on any atom is 0.226 e. The van der Waals surface area contributed by atoms with Crippen LogP contribution in [0, 0.1) is 26.6 Å². The van der Waals surface area contributed by atoms with Crippen LogP contribution in [0.25, 0.3) is 5.82 Å². The molecule has 0 spiro atoms. The smallest absolute Gasteiger partial charge is 0.226 e. The average Bonchev–Trinajstić information content (AvgIpc) is 3.39. The van der Waals surface area contributed by atoms with Crippen LogP contribution in [0.3, 0.4) is 0 Å². The lowest BCUT2D eigenvalue weighted by atomic mass is 9.96. The van der Waals surface area contributed by atoms with Crippen LogP contribution in [-0.2, 0) is 4.79 Å². The number of anilines is 1. The average molecular weight is 529 g/mol. The topological polar surface area (TPSA) is 75.1 Å². The molecule has 4 heterocycles. The minimum Gasteiger partial charge on any atom is -0.352 e. The quantitative estimate of drug-likeness (QED) is 0.316. The van der Waals surface area contributed by atoms with E-state index in [9.17, 15) is 9.18 Å². The van der Waals surface area contributed by atoms with Gasteiger partial charge in [0.1, 0.15) is 11.6 Å². The van der Waals surface area contributed by atoms with E-state index < -0.39 is 5.82 Å². The first-order valence-electron chi connectivity index (χ1n) is 12.5. The van der Waals surface area contributed by atoms with E-state index in [1.54, 1.807) is 24.4 Å². The Balaban J connectivity index is 1.48. The molecule has 1 aliphatic rings. The second-order valence-corrected chi connectivity index (χ2v) is 9.84. The van der Waals surface area contributed by atoms with Gasteiger partial charge in [0.25, 0.3) is 0 Å². The molecule has 2 unspecified atom stereocenters. The molecule has 1 aromatic carbocycles. The zero-order valence-corrected chi connectivity index (χ0v) is 22.3. The number of nitrogens with zero attached hydrogens (tertiary/aromatic N) is 4. The van der Waals surface area contributed by atoms with E-state index in [-0.39, 0.29) is 30.1 Å². The fraction of sp³-hybridized carbons (Fsp3) is 0.241. The molecular formula is C29H29FN6OS. The lowest BCUT2D eigenvalue weighted by molar-refractivity contribution is -0.116. The highest BCUT2D eigenvalue weighted by atomic mass is 32.1. The maximum absolute atomic E-state index is 14.1. The molecule has 0 bridgehead atoms. The number of aromatic nitrogens is 3. The van der Waals surface area contributed by atoms with Crippen molar-refractivity contribution in [3.05, 3.63) is 107 Å². The number of hydrogen-bond donors (Lipinski definition) is 2. The van der Waals surface area contributed by atoms with Crippen molar-refractivity contribution >= 4 is 28.9 Å². The first-order chi connectivity index (χ1) is 18.3. The van der Waals surface area contributed by atoms with Crippen LogP contribution in [0.15, 0.2) is 73.1 Å². The Morgan fingerprint density at radius 3 is 2.58 bits per heavy atom. The number of benzene rings is 1. The van der Waals surface area contributed by atoms with Gasteiger partial charge in [0.15, 0.2) is 5.11 Å². The molecule has 9 heteroatoms. The number of halogens is 1. The van der Waals surface area contributed by atoms with Crippen molar-refractivity contribution in [3.8, 4) is 5.82 Å². The molecule has 2 N–H and O–H groups in total. The molecule has 2 atom stereocenters. The second kappa shape index (κ2) is 10.7. The largest absolute Gasteiger partial charge is 0.352 e. The monoisotopic (exact) mass is 528 g/mol. The molecule has 0 aliphatic carbocycles. The molecular weight excluding hydrogens is 499 g/mol. The van der Waals surface area contributed by atoms with Gasteiger partial charge in [-0.2, -0.15) is 0 Å². The number of carbonyl (C=O) groups is 1. The molecule has 38 heavy (non-hydrogen) atoms. The summed E-state index contributed by atoms with van der Waals surface area (Å²) in [5.74, 6) is 0.0989. The fourth-order valence-electron chi connectivity index (χ4n) is 5.06. The molecule has 1 fully saturated rings. The van der Waals surface area contributed by atoms with Gasteiger partial charge in [0.2, 0.25) is 5.91 Å². The van der Waals surface area contributed by atoms with Crippen molar-refractivity contribution in [1.29, 1.82) is 0 Å². The summed E-state index contributed by atoms with van der Waals surface area (Å²) in [7, 11) is 0. The highest BCUT2D eigenvalue weighted by Crippen LogP contribution is 2.41. The summed E-state index contributed by atoms with van der Waals surface area (Å²) < 4.78 is 16.2. The Hall–Kier alpha value is -4.11. The maximum atomic E-state index is 14.1. The van der Waals surface area contributed by atoms with E-state index in [0.717, 1.165) is 34.0 Å². The predicted octanol–water partition coefficient (Wildman–Crippen LogP) is 5.33. The predicted molar refractivity (Wildman–Crippen MR) is 150 cm³/mol. The standard InChI is InChI=1S/C29H29FN6OS/c1-18-11-14-32-25(16-18)36-19(2)17-21(20(36)3)28-27(24-10-6-7-13-31-24)34-29(38)35(28)15-12-26(37)33-23-9-5-4-8-22(23)30/h4-11,13-14,16-17,27-28H,12,15H2,1-3H3,(H,33,37)(H,34,38). The van der Waals surface area contributed by atoms with E-state index in [4.69, 9.17) is 12.2 Å². The van der Waals surface area contributed by atoms with Crippen molar-refractivity contribution < 1.29 is 9.18 Å². The summed E-state index contributed by atoms with van der Waals surface area (Å²) in [4.78, 5) is 24.0. The number of aryl methyl sites for hydroxylation is 2. The number of para-hydroxylation sites is 1. The van der Waals surface area contributed by atoms with Crippen LogP contribution in [0.1, 0.15) is 46.7 Å². The van der Waals surface area contributed by atoms with E-state index in [1.165, 1.54) is 6.07 Å². The number of thiocarbonyl (C=S) groups is 1. The van der Waals surface area contributed by atoms with Gasteiger partial charge in [-0.3, -0.25) is 9.78 Å². The third-order valence-electron chi connectivity index (χ3n) is 6.84. The number of amides is 1. The van der Waals surface area contributed by atoms with Crippen molar-refractivity contribution in [2.24, 2.45) is 0 Å². The van der Waals surface area contributed by atoms with Crippen LogP contribution < -0.4 is 10.6 Å². The van der Waals surface area contributed by atoms with Gasteiger partial charge >= 0.3 is 0 Å². The molecule has 194 valence electrons. The minimum absolute atomic E-state index is 0.139. The molecule has 0 saturated carbocycles. The van der Waals surface area contributed by atoms with Gasteiger partial charge in [0, 0.05) is 36.7 Å². The Kier molecular flexibility index (Phi) is 7.20. The van der Waals surface area contributed by atoms with Crippen molar-refractivity contribution in [3.63, 3.8) is 0 Å². The molecule has 0 radical (unpaired) electrons. The summed E-state index contributed by atoms with van der Waals surface area (Å²) in [5, 5.41) is 6.65. The Morgan fingerprint density at radius 1 is 1.05 bits per heavy atom. The number of rotatable bonds is 7. The van der Waals surface area contributed by atoms with E-state index in [0.29, 0.717) is 11.7 Å². The van der Waals surface area contributed by atoms with Gasteiger partial charge in [0.05, 0.1) is 23.5 Å². The second-order valence-electron chi connectivity index (χ2n) is 9.45.